The smallest absolute Gasteiger partial charge is 0.255 e. The third kappa shape index (κ3) is 3.33. The quantitative estimate of drug-likeness (QED) is 0.886. The van der Waals surface area contributed by atoms with E-state index in [9.17, 15) is 8.78 Å². The maximum absolute atomic E-state index is 12.6. The van der Waals surface area contributed by atoms with Crippen molar-refractivity contribution in [3.8, 4) is 0 Å². The van der Waals surface area contributed by atoms with Crippen LogP contribution in [0.25, 0.3) is 10.2 Å². The highest BCUT2D eigenvalue weighted by Gasteiger charge is 2.16. The van der Waals surface area contributed by atoms with Gasteiger partial charge >= 0.3 is 0 Å². The summed E-state index contributed by atoms with van der Waals surface area (Å²) in [7, 11) is 1.63. The number of aryl methyl sites for hydroxylation is 1. The molecule has 0 aliphatic heterocycles. The summed E-state index contributed by atoms with van der Waals surface area (Å²) >= 11 is 1.54. The number of aromatic nitrogens is 2. The molecule has 0 aliphatic carbocycles. The molecule has 2 aromatic rings. The number of thiophene rings is 1. The third-order valence-electron chi connectivity index (χ3n) is 2.80. The fourth-order valence-electron chi connectivity index (χ4n) is 1.93. The van der Waals surface area contributed by atoms with Gasteiger partial charge in [0.15, 0.2) is 0 Å². The minimum atomic E-state index is -2.39. The second-order valence-corrected chi connectivity index (χ2v) is 5.88. The van der Waals surface area contributed by atoms with Crippen LogP contribution >= 0.6 is 11.3 Å². The normalized spacial score (nSPS) is 11.3. The molecular weight excluding hydrogens is 282 g/mol. The van der Waals surface area contributed by atoms with Gasteiger partial charge in [0, 0.05) is 18.5 Å². The fourth-order valence-corrected chi connectivity index (χ4v) is 2.80. The molecule has 0 atom stereocenters. The van der Waals surface area contributed by atoms with Gasteiger partial charge < -0.3 is 10.2 Å². The molecule has 20 heavy (non-hydrogen) atoms. The lowest BCUT2D eigenvalue weighted by Crippen LogP contribution is -2.25. The zero-order valence-corrected chi connectivity index (χ0v) is 12.6. The van der Waals surface area contributed by atoms with Crippen LogP contribution in [0.4, 0.5) is 20.5 Å². The summed E-state index contributed by atoms with van der Waals surface area (Å²) in [6.45, 7) is 4.44. The molecule has 2 aromatic heterocycles. The highest BCUT2D eigenvalue weighted by Crippen LogP contribution is 2.31. The summed E-state index contributed by atoms with van der Waals surface area (Å²) < 4.78 is 25.2. The topological polar surface area (TPSA) is 41.1 Å². The zero-order chi connectivity index (χ0) is 14.7. The Hall–Kier alpha value is -1.50. The van der Waals surface area contributed by atoms with E-state index in [0.717, 1.165) is 28.1 Å². The van der Waals surface area contributed by atoms with Gasteiger partial charge in [-0.15, -0.1) is 11.3 Å². The summed E-state index contributed by atoms with van der Waals surface area (Å²) in [6, 6.07) is 1.95. The lowest BCUT2D eigenvalue weighted by atomic mass is 10.3. The minimum Gasteiger partial charge on any atom is -0.354 e. The molecule has 0 unspecified atom stereocenters. The fraction of sp³-hybridized carbons (Fsp3) is 0.538. The average Bonchev–Trinajstić information content (AvgIpc) is 2.74. The number of halogens is 2. The largest absolute Gasteiger partial charge is 0.354 e. The Bertz CT molecular complexity index is 585. The summed E-state index contributed by atoms with van der Waals surface area (Å²) in [5.41, 5.74) is 0. The van der Waals surface area contributed by atoms with E-state index < -0.39 is 6.43 Å². The second kappa shape index (κ2) is 6.30. The van der Waals surface area contributed by atoms with Gasteiger partial charge in [0.1, 0.15) is 10.6 Å². The molecule has 0 bridgehead atoms. The number of nitrogens with zero attached hydrogens (tertiary/aromatic N) is 3. The van der Waals surface area contributed by atoms with Crippen LogP contribution in [0.5, 0.6) is 0 Å². The van der Waals surface area contributed by atoms with Crippen LogP contribution in [-0.2, 0) is 0 Å². The van der Waals surface area contributed by atoms with E-state index in [2.05, 4.69) is 15.3 Å². The molecule has 110 valence electrons. The van der Waals surface area contributed by atoms with E-state index in [1.807, 2.05) is 19.9 Å². The minimum absolute atomic E-state index is 0.339. The number of hydrogen-bond acceptors (Lipinski definition) is 5. The molecule has 2 heterocycles. The van der Waals surface area contributed by atoms with Crippen molar-refractivity contribution >= 4 is 33.3 Å². The molecule has 0 fully saturated rings. The van der Waals surface area contributed by atoms with Gasteiger partial charge in [-0.3, -0.25) is 0 Å². The van der Waals surface area contributed by atoms with Crippen LogP contribution < -0.4 is 10.2 Å². The summed E-state index contributed by atoms with van der Waals surface area (Å²) in [5.74, 6) is 1.05. The molecule has 4 nitrogen and oxygen atoms in total. The Kier molecular flexibility index (Phi) is 4.69. The van der Waals surface area contributed by atoms with Crippen LogP contribution in [0, 0.1) is 6.92 Å². The second-order valence-electron chi connectivity index (χ2n) is 4.65. The van der Waals surface area contributed by atoms with Crippen LogP contribution in [0.2, 0.25) is 0 Å². The molecule has 2 rings (SSSR count). The third-order valence-corrected chi connectivity index (χ3v) is 3.75. The summed E-state index contributed by atoms with van der Waals surface area (Å²) in [6.07, 6.45) is -1.44. The Morgan fingerprint density at radius 3 is 2.80 bits per heavy atom. The van der Waals surface area contributed by atoms with Crippen molar-refractivity contribution in [1.29, 1.82) is 0 Å². The van der Waals surface area contributed by atoms with Gasteiger partial charge in [-0.2, -0.15) is 4.98 Å². The lowest BCUT2D eigenvalue weighted by molar-refractivity contribution is 0.156. The van der Waals surface area contributed by atoms with E-state index >= 15 is 0 Å². The standard InChI is InChI=1S/C13H18F2N4S/c1-4-5-16-13-17-11(19(3)7-10(14)15)9-6-8(2)20-12(9)18-13/h6,10H,4-5,7H2,1-3H3,(H,16,17,18). The number of alkyl halides is 2. The zero-order valence-electron chi connectivity index (χ0n) is 11.8. The molecule has 0 radical (unpaired) electrons. The van der Waals surface area contributed by atoms with Crippen molar-refractivity contribution < 1.29 is 8.78 Å². The highest BCUT2D eigenvalue weighted by molar-refractivity contribution is 7.18. The summed E-state index contributed by atoms with van der Waals surface area (Å²) in [5, 5.41) is 3.95. The number of fused-ring (bicyclic) bond motifs is 1. The molecule has 7 heteroatoms. The molecule has 0 aliphatic rings. The van der Waals surface area contributed by atoms with Gasteiger partial charge in [0.2, 0.25) is 5.95 Å². The van der Waals surface area contributed by atoms with Crippen LogP contribution in [-0.4, -0.2) is 36.5 Å². The maximum Gasteiger partial charge on any atom is 0.255 e. The summed E-state index contributed by atoms with van der Waals surface area (Å²) in [4.78, 5) is 12.2. The first-order valence-corrected chi connectivity index (χ1v) is 7.34. The first-order chi connectivity index (χ1) is 9.51. The predicted octanol–water partition coefficient (Wildman–Crippen LogP) is 3.52. The van der Waals surface area contributed by atoms with Crippen LogP contribution in [0.3, 0.4) is 0 Å². The molecule has 0 saturated carbocycles. The number of hydrogen-bond donors (Lipinski definition) is 1. The Balaban J connectivity index is 2.42. The molecule has 0 saturated heterocycles. The van der Waals surface area contributed by atoms with Crippen molar-refractivity contribution in [2.45, 2.75) is 26.7 Å². The number of anilines is 2. The van der Waals surface area contributed by atoms with E-state index in [-0.39, 0.29) is 6.54 Å². The molecule has 0 aromatic carbocycles. The number of rotatable bonds is 6. The molecule has 1 N–H and O–H groups in total. The van der Waals surface area contributed by atoms with E-state index in [4.69, 9.17) is 0 Å². The van der Waals surface area contributed by atoms with Crippen molar-refractivity contribution in [2.75, 3.05) is 30.4 Å². The first kappa shape index (κ1) is 14.9. The first-order valence-electron chi connectivity index (χ1n) is 6.52. The van der Waals surface area contributed by atoms with Gasteiger partial charge in [0.25, 0.3) is 6.43 Å². The Labute approximate surface area is 120 Å². The maximum atomic E-state index is 12.6. The van der Waals surface area contributed by atoms with Gasteiger partial charge in [0.05, 0.1) is 11.9 Å². The number of nitrogens with one attached hydrogen (secondary N) is 1. The highest BCUT2D eigenvalue weighted by atomic mass is 32.1. The van der Waals surface area contributed by atoms with Crippen molar-refractivity contribution in [2.24, 2.45) is 0 Å². The molecule has 0 spiro atoms. The SMILES string of the molecule is CCCNc1nc(N(C)CC(F)F)c2cc(C)sc2n1. The van der Waals surface area contributed by atoms with E-state index in [0.29, 0.717) is 11.8 Å². The van der Waals surface area contributed by atoms with Crippen molar-refractivity contribution in [3.05, 3.63) is 10.9 Å². The Morgan fingerprint density at radius 1 is 1.40 bits per heavy atom. The predicted molar refractivity (Wildman–Crippen MR) is 80.2 cm³/mol. The van der Waals surface area contributed by atoms with Crippen LogP contribution in [0.1, 0.15) is 18.2 Å². The van der Waals surface area contributed by atoms with E-state index in [1.165, 1.54) is 4.90 Å². The molecule has 0 amide bonds. The average molecular weight is 300 g/mol. The van der Waals surface area contributed by atoms with Gasteiger partial charge in [-0.05, 0) is 19.4 Å². The lowest BCUT2D eigenvalue weighted by Gasteiger charge is -2.19. The van der Waals surface area contributed by atoms with Gasteiger partial charge in [-0.1, -0.05) is 6.92 Å². The van der Waals surface area contributed by atoms with Gasteiger partial charge in [-0.25, -0.2) is 13.8 Å². The Morgan fingerprint density at radius 2 is 2.15 bits per heavy atom. The van der Waals surface area contributed by atoms with Crippen LogP contribution in [0.15, 0.2) is 6.07 Å². The van der Waals surface area contributed by atoms with Crippen molar-refractivity contribution in [3.63, 3.8) is 0 Å². The monoisotopic (exact) mass is 300 g/mol. The van der Waals surface area contributed by atoms with E-state index in [1.54, 1.807) is 18.4 Å². The molecular formula is C13H18F2N4S. The van der Waals surface area contributed by atoms with Crippen molar-refractivity contribution in [1.82, 2.24) is 9.97 Å².